The van der Waals surface area contributed by atoms with E-state index in [1.54, 1.807) is 16.4 Å². The van der Waals surface area contributed by atoms with Crippen molar-refractivity contribution in [1.29, 1.82) is 5.26 Å². The third-order valence-corrected chi connectivity index (χ3v) is 9.77. The van der Waals surface area contributed by atoms with Gasteiger partial charge in [0.05, 0.1) is 22.3 Å². The largest absolute Gasteiger partial charge is 0.453 e. The first kappa shape index (κ1) is 28.6. The summed E-state index contributed by atoms with van der Waals surface area (Å²) in [5.41, 5.74) is 2.76. The number of fused-ring (bicyclic) bond motifs is 1. The maximum absolute atomic E-state index is 14.9. The van der Waals surface area contributed by atoms with Crippen LogP contribution < -0.4 is 25.2 Å². The molecule has 3 fully saturated rings. The zero-order valence-electron chi connectivity index (χ0n) is 23.9. The average Bonchev–Trinajstić information content (AvgIpc) is 3.46. The van der Waals surface area contributed by atoms with Gasteiger partial charge >= 0.3 is 0 Å². The van der Waals surface area contributed by atoms with E-state index in [2.05, 4.69) is 19.9 Å². The van der Waals surface area contributed by atoms with Crippen LogP contribution in [-0.2, 0) is 0 Å². The second kappa shape index (κ2) is 11.7. The Morgan fingerprint density at radius 3 is 2.52 bits per heavy atom. The Morgan fingerprint density at radius 2 is 1.84 bits per heavy atom. The SMILES string of the molecule is N#Cc1c(NSN2CCC(F)C2)ccc(F)c1Oc1ccc2ncn(-c3ccc(N4CCC5(CC4)CNC5)cc3)c(=O)c2c1. The van der Waals surface area contributed by atoms with Crippen LogP contribution in [0.1, 0.15) is 24.8 Å². The van der Waals surface area contributed by atoms with Crippen LogP contribution in [0.2, 0.25) is 0 Å². The van der Waals surface area contributed by atoms with E-state index in [4.69, 9.17) is 4.74 Å². The molecule has 226 valence electrons. The Hall–Kier alpha value is -4.18. The highest BCUT2D eigenvalue weighted by atomic mass is 32.2. The van der Waals surface area contributed by atoms with Gasteiger partial charge in [-0.1, -0.05) is 0 Å². The van der Waals surface area contributed by atoms with Gasteiger partial charge in [-0.2, -0.15) is 5.26 Å². The minimum Gasteiger partial charge on any atom is -0.453 e. The van der Waals surface area contributed by atoms with Gasteiger partial charge in [-0.05, 0) is 79.3 Å². The number of rotatable bonds is 7. The number of anilines is 2. The summed E-state index contributed by atoms with van der Waals surface area (Å²) in [6.07, 6.45) is 3.41. The van der Waals surface area contributed by atoms with Crippen LogP contribution in [0.3, 0.4) is 0 Å². The fourth-order valence-corrected chi connectivity index (χ4v) is 6.93. The molecule has 0 saturated carbocycles. The topological polar surface area (TPSA) is 98.5 Å². The molecule has 4 heterocycles. The molecule has 9 nitrogen and oxygen atoms in total. The summed E-state index contributed by atoms with van der Waals surface area (Å²) in [4.78, 5) is 20.4. The van der Waals surface area contributed by atoms with Gasteiger partial charge in [0.2, 0.25) is 0 Å². The minimum atomic E-state index is -0.893. The zero-order valence-corrected chi connectivity index (χ0v) is 24.7. The van der Waals surface area contributed by atoms with Crippen molar-refractivity contribution in [3.63, 3.8) is 0 Å². The van der Waals surface area contributed by atoms with Crippen LogP contribution in [0.25, 0.3) is 16.6 Å². The fraction of sp³-hybridized carbons (Fsp3) is 0.344. The highest BCUT2D eigenvalue weighted by Gasteiger charge is 2.39. The van der Waals surface area contributed by atoms with Crippen molar-refractivity contribution in [2.24, 2.45) is 5.41 Å². The van der Waals surface area contributed by atoms with E-state index in [1.807, 2.05) is 30.3 Å². The molecule has 0 amide bonds. The van der Waals surface area contributed by atoms with E-state index in [0.29, 0.717) is 40.7 Å². The molecule has 0 aliphatic carbocycles. The maximum atomic E-state index is 14.9. The number of halogens is 2. The molecule has 4 aromatic rings. The van der Waals surface area contributed by atoms with Crippen molar-refractivity contribution >= 4 is 34.4 Å². The third-order valence-electron chi connectivity index (χ3n) is 8.87. The molecule has 7 rings (SSSR count). The Labute approximate surface area is 257 Å². The van der Waals surface area contributed by atoms with E-state index < -0.39 is 12.0 Å². The normalized spacial score (nSPS) is 19.6. The van der Waals surface area contributed by atoms with Crippen molar-refractivity contribution in [2.45, 2.75) is 25.4 Å². The number of hydrogen-bond donors (Lipinski definition) is 2. The lowest BCUT2D eigenvalue weighted by atomic mass is 9.73. The number of aromatic nitrogens is 2. The third kappa shape index (κ3) is 5.47. The molecule has 1 spiro atoms. The van der Waals surface area contributed by atoms with Gasteiger partial charge in [-0.15, -0.1) is 0 Å². The standard InChI is InChI=1S/C32H31F2N7O2S/c33-21-9-12-40(17-21)44-38-29-8-6-27(34)30(26(29)16-35)43-24-5-7-28-25(15-24)31(42)41(20-37-28)23-3-1-22(2-4-23)39-13-10-32(11-14-39)18-36-19-32/h1-8,15,20-21,36,38H,9-14,17-19H2. The Bertz CT molecular complexity index is 1800. The second-order valence-electron chi connectivity index (χ2n) is 11.7. The lowest BCUT2D eigenvalue weighted by Crippen LogP contribution is -2.58. The quantitative estimate of drug-likeness (QED) is 0.265. The molecule has 1 unspecified atom stereocenters. The van der Waals surface area contributed by atoms with Crippen LogP contribution in [0.15, 0.2) is 65.7 Å². The molecule has 1 atom stereocenters. The molecule has 0 bridgehead atoms. The number of nitrogens with one attached hydrogen (secondary N) is 2. The van der Waals surface area contributed by atoms with Crippen molar-refractivity contribution in [1.82, 2.24) is 19.2 Å². The zero-order chi connectivity index (χ0) is 30.3. The highest BCUT2D eigenvalue weighted by molar-refractivity contribution is 7.98. The molecule has 3 aliphatic rings. The summed E-state index contributed by atoms with van der Waals surface area (Å²) in [6.45, 7) is 5.10. The molecule has 3 saturated heterocycles. The first-order chi connectivity index (χ1) is 21.4. The summed E-state index contributed by atoms with van der Waals surface area (Å²) >= 11 is 1.16. The smallest absolute Gasteiger partial charge is 0.265 e. The predicted molar refractivity (Wildman–Crippen MR) is 168 cm³/mol. The summed E-state index contributed by atoms with van der Waals surface area (Å²) in [7, 11) is 0. The summed E-state index contributed by atoms with van der Waals surface area (Å²) in [5.74, 6) is -0.799. The Balaban J connectivity index is 1.11. The molecular formula is C32H31F2N7O2S. The molecule has 3 aromatic carbocycles. The van der Waals surface area contributed by atoms with Gasteiger partial charge in [-0.25, -0.2) is 18.1 Å². The summed E-state index contributed by atoms with van der Waals surface area (Å²) in [5, 5.41) is 13.6. The minimum absolute atomic E-state index is 0.0366. The van der Waals surface area contributed by atoms with E-state index >= 15 is 0 Å². The molecule has 44 heavy (non-hydrogen) atoms. The van der Waals surface area contributed by atoms with Crippen LogP contribution in [0, 0.1) is 22.6 Å². The molecule has 0 radical (unpaired) electrons. The predicted octanol–water partition coefficient (Wildman–Crippen LogP) is 5.40. The summed E-state index contributed by atoms with van der Waals surface area (Å²) < 4.78 is 40.7. The van der Waals surface area contributed by atoms with E-state index in [-0.39, 0.29) is 29.2 Å². The van der Waals surface area contributed by atoms with Gasteiger partial charge in [0.25, 0.3) is 5.56 Å². The second-order valence-corrected chi connectivity index (χ2v) is 12.6. The fourth-order valence-electron chi connectivity index (χ4n) is 6.10. The number of ether oxygens (including phenoxy) is 1. The van der Waals surface area contributed by atoms with Gasteiger partial charge in [-0.3, -0.25) is 9.36 Å². The van der Waals surface area contributed by atoms with E-state index in [0.717, 1.165) is 44.0 Å². The van der Waals surface area contributed by atoms with Crippen LogP contribution in [0.4, 0.5) is 20.2 Å². The number of nitrogens with zero attached hydrogens (tertiary/aromatic N) is 5. The Morgan fingerprint density at radius 1 is 1.07 bits per heavy atom. The van der Waals surface area contributed by atoms with E-state index in [1.165, 1.54) is 41.9 Å². The van der Waals surface area contributed by atoms with Crippen molar-refractivity contribution in [2.75, 3.05) is 48.9 Å². The van der Waals surface area contributed by atoms with Crippen molar-refractivity contribution in [3.8, 4) is 23.3 Å². The van der Waals surface area contributed by atoms with Gasteiger partial charge in [0.15, 0.2) is 11.6 Å². The van der Waals surface area contributed by atoms with Gasteiger partial charge < -0.3 is 19.7 Å². The summed E-state index contributed by atoms with van der Waals surface area (Å²) in [6, 6.07) is 17.3. The van der Waals surface area contributed by atoms with Crippen molar-refractivity contribution < 1.29 is 13.5 Å². The number of benzene rings is 3. The first-order valence-electron chi connectivity index (χ1n) is 14.7. The number of hydrogen-bond acceptors (Lipinski definition) is 9. The monoisotopic (exact) mass is 615 g/mol. The van der Waals surface area contributed by atoms with Crippen molar-refractivity contribution in [3.05, 3.63) is 82.7 Å². The first-order valence-corrected chi connectivity index (χ1v) is 15.5. The molecule has 12 heteroatoms. The number of piperidine rings is 1. The molecular weight excluding hydrogens is 584 g/mol. The number of nitriles is 1. The lowest BCUT2D eigenvalue weighted by molar-refractivity contribution is 0.126. The van der Waals surface area contributed by atoms with Gasteiger partial charge in [0, 0.05) is 57.1 Å². The van der Waals surface area contributed by atoms with Crippen LogP contribution >= 0.6 is 12.1 Å². The van der Waals surface area contributed by atoms with Gasteiger partial charge in [0.1, 0.15) is 29.9 Å². The Kier molecular flexibility index (Phi) is 7.62. The molecule has 1 aromatic heterocycles. The van der Waals surface area contributed by atoms with Crippen LogP contribution in [-0.4, -0.2) is 59.3 Å². The average molecular weight is 616 g/mol. The van der Waals surface area contributed by atoms with Crippen LogP contribution in [0.5, 0.6) is 11.5 Å². The maximum Gasteiger partial charge on any atom is 0.265 e. The molecule has 2 N–H and O–H groups in total. The number of alkyl halides is 1. The highest BCUT2D eigenvalue weighted by Crippen LogP contribution is 2.37. The lowest BCUT2D eigenvalue weighted by Gasteiger charge is -2.49. The molecule has 3 aliphatic heterocycles. The van der Waals surface area contributed by atoms with E-state index in [9.17, 15) is 18.8 Å².